The second-order valence-corrected chi connectivity index (χ2v) is 7.37. The molecule has 0 bridgehead atoms. The van der Waals surface area contributed by atoms with Gasteiger partial charge in [0.15, 0.2) is 5.96 Å². The summed E-state index contributed by atoms with van der Waals surface area (Å²) < 4.78 is 19.0. The van der Waals surface area contributed by atoms with E-state index < -0.39 is 0 Å². The molecule has 1 aromatic carbocycles. The van der Waals surface area contributed by atoms with Crippen LogP contribution in [0.5, 0.6) is 0 Å². The Hall–Kier alpha value is -1.66. The highest BCUT2D eigenvalue weighted by molar-refractivity contribution is 5.80. The average molecular weight is 379 g/mol. The summed E-state index contributed by atoms with van der Waals surface area (Å²) in [7, 11) is 1.75. The standard InChI is InChI=1S/C21H35FN4O/c1-5-23-21(25-17(3)19-7-6-16(2)20(22)14-19)24-15-18-8-10-26(11-9-18)12-13-27-4/h6-7,14,17-18H,5,8-13,15H2,1-4H3,(H2,23,24,25). The number of hydrogen-bond donors (Lipinski definition) is 2. The highest BCUT2D eigenvalue weighted by Crippen LogP contribution is 2.18. The van der Waals surface area contributed by atoms with Gasteiger partial charge < -0.3 is 20.3 Å². The number of aryl methyl sites for hydroxylation is 1. The van der Waals surface area contributed by atoms with Crippen molar-refractivity contribution in [2.24, 2.45) is 10.9 Å². The molecule has 27 heavy (non-hydrogen) atoms. The van der Waals surface area contributed by atoms with Crippen molar-refractivity contribution in [2.45, 2.75) is 39.7 Å². The quantitative estimate of drug-likeness (QED) is 0.539. The fourth-order valence-corrected chi connectivity index (χ4v) is 3.32. The van der Waals surface area contributed by atoms with E-state index in [1.165, 1.54) is 12.8 Å². The molecule has 0 aliphatic carbocycles. The van der Waals surface area contributed by atoms with Crippen molar-refractivity contribution in [3.63, 3.8) is 0 Å². The molecule has 1 fully saturated rings. The minimum Gasteiger partial charge on any atom is -0.383 e. The van der Waals surface area contributed by atoms with Gasteiger partial charge in [-0.15, -0.1) is 0 Å². The van der Waals surface area contributed by atoms with Gasteiger partial charge in [-0.25, -0.2) is 4.39 Å². The van der Waals surface area contributed by atoms with Crippen LogP contribution in [0.4, 0.5) is 4.39 Å². The number of halogens is 1. The largest absolute Gasteiger partial charge is 0.383 e. The Balaban J connectivity index is 1.87. The normalized spacial score (nSPS) is 17.7. The lowest BCUT2D eigenvalue weighted by Crippen LogP contribution is -2.40. The number of aliphatic imine (C=N–C) groups is 1. The number of methoxy groups -OCH3 is 1. The molecule has 0 spiro atoms. The van der Waals surface area contributed by atoms with E-state index in [1.54, 1.807) is 20.1 Å². The first-order valence-corrected chi connectivity index (χ1v) is 10.1. The zero-order valence-electron chi connectivity index (χ0n) is 17.2. The topological polar surface area (TPSA) is 48.9 Å². The minimum atomic E-state index is -0.164. The number of rotatable bonds is 8. The van der Waals surface area contributed by atoms with Crippen molar-refractivity contribution in [3.05, 3.63) is 35.1 Å². The van der Waals surface area contributed by atoms with Crippen LogP contribution < -0.4 is 10.6 Å². The molecule has 0 radical (unpaired) electrons. The van der Waals surface area contributed by atoms with Crippen LogP contribution in [-0.2, 0) is 4.74 Å². The van der Waals surface area contributed by atoms with Gasteiger partial charge in [0, 0.05) is 26.7 Å². The van der Waals surface area contributed by atoms with E-state index in [9.17, 15) is 4.39 Å². The average Bonchev–Trinajstić information content (AvgIpc) is 2.67. The van der Waals surface area contributed by atoms with Crippen LogP contribution >= 0.6 is 0 Å². The number of nitrogens with one attached hydrogen (secondary N) is 2. The zero-order valence-corrected chi connectivity index (χ0v) is 17.2. The summed E-state index contributed by atoms with van der Waals surface area (Å²) in [5.74, 6) is 1.25. The molecule has 1 aliphatic heterocycles. The van der Waals surface area contributed by atoms with Crippen LogP contribution in [0.1, 0.15) is 43.9 Å². The number of likely N-dealkylation sites (tertiary alicyclic amines) is 1. The highest BCUT2D eigenvalue weighted by Gasteiger charge is 2.19. The lowest BCUT2D eigenvalue weighted by Gasteiger charge is -2.31. The van der Waals surface area contributed by atoms with Gasteiger partial charge in [0.2, 0.25) is 0 Å². The first-order chi connectivity index (χ1) is 13.0. The van der Waals surface area contributed by atoms with Gasteiger partial charge in [-0.2, -0.15) is 0 Å². The molecule has 0 saturated carbocycles. The third-order valence-corrected chi connectivity index (χ3v) is 5.22. The maximum Gasteiger partial charge on any atom is 0.191 e. The number of piperidine rings is 1. The lowest BCUT2D eigenvalue weighted by molar-refractivity contribution is 0.121. The summed E-state index contributed by atoms with van der Waals surface area (Å²) in [6.45, 7) is 11.5. The Morgan fingerprint density at radius 3 is 2.74 bits per heavy atom. The highest BCUT2D eigenvalue weighted by atomic mass is 19.1. The maximum absolute atomic E-state index is 13.8. The lowest BCUT2D eigenvalue weighted by atomic mass is 9.97. The second kappa shape index (κ2) is 11.2. The fourth-order valence-electron chi connectivity index (χ4n) is 3.32. The van der Waals surface area contributed by atoms with Gasteiger partial charge in [-0.1, -0.05) is 12.1 Å². The van der Waals surface area contributed by atoms with Crippen LogP contribution in [0.25, 0.3) is 0 Å². The summed E-state index contributed by atoms with van der Waals surface area (Å²) in [4.78, 5) is 7.25. The molecule has 5 nitrogen and oxygen atoms in total. The van der Waals surface area contributed by atoms with Crippen LogP contribution in [0.15, 0.2) is 23.2 Å². The first kappa shape index (κ1) is 21.6. The molecule has 2 N–H and O–H groups in total. The summed E-state index contributed by atoms with van der Waals surface area (Å²) in [5.41, 5.74) is 1.60. The summed E-state index contributed by atoms with van der Waals surface area (Å²) in [5, 5.41) is 6.71. The van der Waals surface area contributed by atoms with Crippen molar-refractivity contribution in [3.8, 4) is 0 Å². The molecule has 1 heterocycles. The Bertz CT molecular complexity index is 600. The van der Waals surface area contributed by atoms with Crippen molar-refractivity contribution in [2.75, 3.05) is 46.4 Å². The van der Waals surface area contributed by atoms with Crippen LogP contribution in [-0.4, -0.2) is 57.3 Å². The first-order valence-electron chi connectivity index (χ1n) is 10.1. The molecule has 1 saturated heterocycles. The molecule has 1 atom stereocenters. The third-order valence-electron chi connectivity index (χ3n) is 5.22. The summed E-state index contributed by atoms with van der Waals surface area (Å²) in [6, 6.07) is 5.39. The fraction of sp³-hybridized carbons (Fsp3) is 0.667. The van der Waals surface area contributed by atoms with E-state index in [-0.39, 0.29) is 11.9 Å². The Morgan fingerprint density at radius 1 is 1.37 bits per heavy atom. The summed E-state index contributed by atoms with van der Waals surface area (Å²) >= 11 is 0. The molecular formula is C21H35FN4O. The van der Waals surface area contributed by atoms with Gasteiger partial charge in [-0.05, 0) is 69.8 Å². The van der Waals surface area contributed by atoms with Gasteiger partial charge >= 0.3 is 0 Å². The van der Waals surface area contributed by atoms with Crippen molar-refractivity contribution < 1.29 is 9.13 Å². The summed E-state index contributed by atoms with van der Waals surface area (Å²) in [6.07, 6.45) is 2.34. The second-order valence-electron chi connectivity index (χ2n) is 7.37. The molecule has 2 rings (SSSR count). The van der Waals surface area contributed by atoms with Gasteiger partial charge in [-0.3, -0.25) is 4.99 Å². The van der Waals surface area contributed by atoms with Crippen LogP contribution in [0, 0.1) is 18.7 Å². The molecule has 1 aromatic rings. The van der Waals surface area contributed by atoms with E-state index in [2.05, 4.69) is 22.5 Å². The molecule has 0 aromatic heterocycles. The maximum atomic E-state index is 13.8. The van der Waals surface area contributed by atoms with Gasteiger partial charge in [0.1, 0.15) is 5.82 Å². The van der Waals surface area contributed by atoms with E-state index >= 15 is 0 Å². The van der Waals surface area contributed by atoms with Gasteiger partial charge in [0.25, 0.3) is 0 Å². The number of nitrogens with zero attached hydrogens (tertiary/aromatic N) is 2. The molecular weight excluding hydrogens is 343 g/mol. The predicted octanol–water partition coefficient (Wildman–Crippen LogP) is 3.11. The van der Waals surface area contributed by atoms with E-state index in [0.29, 0.717) is 11.5 Å². The number of hydrogen-bond acceptors (Lipinski definition) is 3. The van der Waals surface area contributed by atoms with Gasteiger partial charge in [0.05, 0.1) is 12.6 Å². The Kier molecular flexibility index (Phi) is 9.01. The Morgan fingerprint density at radius 2 is 2.11 bits per heavy atom. The smallest absolute Gasteiger partial charge is 0.191 e. The van der Waals surface area contributed by atoms with Crippen molar-refractivity contribution in [1.82, 2.24) is 15.5 Å². The molecule has 6 heteroatoms. The number of guanidine groups is 1. The molecule has 1 unspecified atom stereocenters. The molecule has 152 valence electrons. The van der Waals surface area contributed by atoms with Crippen molar-refractivity contribution >= 4 is 5.96 Å². The van der Waals surface area contributed by atoms with Crippen LogP contribution in [0.2, 0.25) is 0 Å². The zero-order chi connectivity index (χ0) is 19.6. The minimum absolute atomic E-state index is 0.00575. The number of benzene rings is 1. The van der Waals surface area contributed by atoms with Crippen molar-refractivity contribution in [1.29, 1.82) is 0 Å². The predicted molar refractivity (Wildman–Crippen MR) is 110 cm³/mol. The van der Waals surface area contributed by atoms with E-state index in [1.807, 2.05) is 19.1 Å². The van der Waals surface area contributed by atoms with E-state index in [4.69, 9.17) is 9.73 Å². The molecule has 0 amide bonds. The number of ether oxygens (including phenoxy) is 1. The monoisotopic (exact) mass is 378 g/mol. The molecule has 1 aliphatic rings. The van der Waals surface area contributed by atoms with Crippen LogP contribution in [0.3, 0.4) is 0 Å². The Labute approximate surface area is 163 Å². The van der Waals surface area contributed by atoms with E-state index in [0.717, 1.165) is 50.9 Å². The third kappa shape index (κ3) is 7.11. The SMILES string of the molecule is CCNC(=NCC1CCN(CCOC)CC1)NC(C)c1ccc(C)c(F)c1.